The fraction of sp³-hybridized carbons (Fsp3) is 0.250. The highest BCUT2D eigenvalue weighted by Gasteiger charge is 2.19. The van der Waals surface area contributed by atoms with Crippen LogP contribution in [0.15, 0.2) is 60.7 Å². The van der Waals surface area contributed by atoms with Gasteiger partial charge in [-0.3, -0.25) is 0 Å². The van der Waals surface area contributed by atoms with E-state index in [1.807, 2.05) is 60.7 Å². The predicted octanol–water partition coefficient (Wildman–Crippen LogP) is 3.04. The Bertz CT molecular complexity index is 467. The van der Waals surface area contributed by atoms with E-state index >= 15 is 0 Å². The molecule has 20 heavy (non-hydrogen) atoms. The van der Waals surface area contributed by atoms with E-state index in [1.54, 1.807) is 14.1 Å². The van der Waals surface area contributed by atoms with Gasteiger partial charge in [-0.15, -0.1) is 0 Å². The Balaban J connectivity index is 2.08. The van der Waals surface area contributed by atoms with Crippen LogP contribution in [0.25, 0.3) is 0 Å². The van der Waals surface area contributed by atoms with E-state index in [-0.39, 0.29) is 6.54 Å². The first-order valence-corrected chi connectivity index (χ1v) is 6.50. The minimum atomic E-state index is -0.632. The summed E-state index contributed by atoms with van der Waals surface area (Å²) < 4.78 is 11.0. The lowest BCUT2D eigenvalue weighted by Crippen LogP contribution is -2.44. The number of rotatable bonds is 6. The van der Waals surface area contributed by atoms with Gasteiger partial charge in [-0.05, 0) is 24.3 Å². The number of hydroxylamine groups is 3. The maximum Gasteiger partial charge on any atom is 0.290 e. The van der Waals surface area contributed by atoms with Crippen LogP contribution in [-0.4, -0.2) is 31.6 Å². The average Bonchev–Trinajstić information content (AvgIpc) is 2.39. The second kappa shape index (κ2) is 6.41. The number of nitrogens with zero attached hydrogens (tertiary/aromatic N) is 1. The van der Waals surface area contributed by atoms with Crippen molar-refractivity contribution >= 4 is 0 Å². The van der Waals surface area contributed by atoms with E-state index in [4.69, 9.17) is 9.47 Å². The summed E-state index contributed by atoms with van der Waals surface area (Å²) in [6, 6.07) is 18.7. The molecule has 0 N–H and O–H groups in total. The minimum absolute atomic E-state index is 0.198. The van der Waals surface area contributed by atoms with Gasteiger partial charge < -0.3 is 19.3 Å². The Morgan fingerprint density at radius 1 is 0.850 bits per heavy atom. The molecule has 0 radical (unpaired) electrons. The van der Waals surface area contributed by atoms with Crippen molar-refractivity contribution in [2.24, 2.45) is 0 Å². The van der Waals surface area contributed by atoms with Crippen molar-refractivity contribution in [1.82, 2.24) is 0 Å². The lowest BCUT2D eigenvalue weighted by molar-refractivity contribution is -0.845. The summed E-state index contributed by atoms with van der Waals surface area (Å²) in [5, 5.41) is 11.9. The third-order valence-electron chi connectivity index (χ3n) is 2.61. The molecule has 2 aromatic carbocycles. The molecule has 0 atom stereocenters. The summed E-state index contributed by atoms with van der Waals surface area (Å²) >= 11 is 0. The van der Waals surface area contributed by atoms with Crippen LogP contribution in [0.4, 0.5) is 0 Å². The molecule has 0 aliphatic rings. The van der Waals surface area contributed by atoms with Crippen molar-refractivity contribution < 1.29 is 14.1 Å². The molecule has 106 valence electrons. The van der Waals surface area contributed by atoms with Gasteiger partial charge in [0.2, 0.25) is 0 Å². The third-order valence-corrected chi connectivity index (χ3v) is 2.61. The van der Waals surface area contributed by atoms with Gasteiger partial charge in [0.15, 0.2) is 6.54 Å². The first-order valence-electron chi connectivity index (χ1n) is 6.50. The highest BCUT2D eigenvalue weighted by atomic mass is 16.7. The van der Waals surface area contributed by atoms with Crippen molar-refractivity contribution in [2.45, 2.75) is 6.29 Å². The van der Waals surface area contributed by atoms with E-state index in [9.17, 15) is 5.21 Å². The molecular formula is C16H19NO3. The lowest BCUT2D eigenvalue weighted by Gasteiger charge is -2.36. The molecule has 2 rings (SSSR count). The quantitative estimate of drug-likeness (QED) is 0.461. The van der Waals surface area contributed by atoms with Crippen LogP contribution in [0, 0.1) is 5.21 Å². The van der Waals surface area contributed by atoms with Gasteiger partial charge >= 0.3 is 0 Å². The molecule has 0 amide bonds. The highest BCUT2D eigenvalue weighted by Crippen LogP contribution is 2.17. The summed E-state index contributed by atoms with van der Waals surface area (Å²) in [6.07, 6.45) is -0.632. The lowest BCUT2D eigenvalue weighted by atomic mass is 10.3. The molecule has 0 bridgehead atoms. The van der Waals surface area contributed by atoms with E-state index in [0.717, 1.165) is 0 Å². The van der Waals surface area contributed by atoms with Crippen molar-refractivity contribution in [1.29, 1.82) is 0 Å². The van der Waals surface area contributed by atoms with Crippen molar-refractivity contribution in [2.75, 3.05) is 20.6 Å². The second-order valence-electron chi connectivity index (χ2n) is 5.05. The summed E-state index contributed by atoms with van der Waals surface area (Å²) in [5.74, 6) is 1.36. The highest BCUT2D eigenvalue weighted by molar-refractivity contribution is 5.23. The van der Waals surface area contributed by atoms with E-state index in [2.05, 4.69) is 0 Å². The van der Waals surface area contributed by atoms with Gasteiger partial charge in [-0.1, -0.05) is 36.4 Å². The van der Waals surface area contributed by atoms with Crippen molar-refractivity contribution in [3.63, 3.8) is 0 Å². The Morgan fingerprint density at radius 3 is 1.60 bits per heavy atom. The monoisotopic (exact) mass is 273 g/mol. The zero-order valence-corrected chi connectivity index (χ0v) is 11.7. The maximum absolute atomic E-state index is 11.9. The summed E-state index contributed by atoms with van der Waals surface area (Å²) in [6.45, 7) is 0.198. The Labute approximate surface area is 119 Å². The van der Waals surface area contributed by atoms with E-state index < -0.39 is 10.9 Å². The molecule has 0 fully saturated rings. The number of para-hydroxylation sites is 2. The molecule has 4 heteroatoms. The van der Waals surface area contributed by atoms with Crippen LogP contribution >= 0.6 is 0 Å². The topological polar surface area (TPSA) is 41.5 Å². The number of quaternary nitrogens is 1. The number of likely N-dealkylation sites (N-methyl/N-ethyl adjacent to an activating group) is 1. The summed E-state index contributed by atoms with van der Waals surface area (Å²) in [4.78, 5) is 0. The molecule has 2 aromatic rings. The fourth-order valence-corrected chi connectivity index (χ4v) is 1.76. The van der Waals surface area contributed by atoms with Crippen molar-refractivity contribution in [3.8, 4) is 11.5 Å². The second-order valence-corrected chi connectivity index (χ2v) is 5.05. The molecular weight excluding hydrogens is 254 g/mol. The van der Waals surface area contributed by atoms with Crippen LogP contribution < -0.4 is 9.47 Å². The first kappa shape index (κ1) is 14.4. The van der Waals surface area contributed by atoms with E-state index in [0.29, 0.717) is 11.5 Å². The van der Waals surface area contributed by atoms with Crippen molar-refractivity contribution in [3.05, 3.63) is 65.9 Å². The van der Waals surface area contributed by atoms with Gasteiger partial charge in [0.25, 0.3) is 6.29 Å². The molecule has 0 unspecified atom stereocenters. The van der Waals surface area contributed by atoms with Crippen LogP contribution in [0.2, 0.25) is 0 Å². The smallest absolute Gasteiger partial charge is 0.290 e. The van der Waals surface area contributed by atoms with Crippen LogP contribution in [0.1, 0.15) is 0 Å². The van der Waals surface area contributed by atoms with Crippen LogP contribution in [0.3, 0.4) is 0 Å². The molecule has 0 heterocycles. The zero-order valence-electron chi connectivity index (χ0n) is 11.7. The minimum Gasteiger partial charge on any atom is -0.633 e. The standard InChI is InChI=1S/C16H19NO3/c1-17(2,18)13-16(19-14-9-5-3-6-10-14)20-15-11-7-4-8-12-15/h3-12,16H,13H2,1-2H3. The normalized spacial score (nSPS) is 11.4. The van der Waals surface area contributed by atoms with Crippen LogP contribution in [0.5, 0.6) is 11.5 Å². The number of hydrogen-bond donors (Lipinski definition) is 0. The largest absolute Gasteiger partial charge is 0.633 e. The Morgan fingerprint density at radius 2 is 1.25 bits per heavy atom. The van der Waals surface area contributed by atoms with Gasteiger partial charge in [0, 0.05) is 0 Å². The molecule has 0 aliphatic heterocycles. The van der Waals surface area contributed by atoms with Crippen LogP contribution in [-0.2, 0) is 0 Å². The molecule has 0 aromatic heterocycles. The first-order chi connectivity index (χ1) is 9.53. The molecule has 4 nitrogen and oxygen atoms in total. The van der Waals surface area contributed by atoms with Gasteiger partial charge in [-0.2, -0.15) is 0 Å². The van der Waals surface area contributed by atoms with Gasteiger partial charge in [0.1, 0.15) is 11.5 Å². The summed E-state index contributed by atoms with van der Waals surface area (Å²) in [5.41, 5.74) is 0. The Hall–Kier alpha value is -2.04. The fourth-order valence-electron chi connectivity index (χ4n) is 1.76. The van der Waals surface area contributed by atoms with E-state index in [1.165, 1.54) is 0 Å². The maximum atomic E-state index is 11.9. The molecule has 0 saturated heterocycles. The average molecular weight is 273 g/mol. The number of benzene rings is 2. The number of hydrogen-bond acceptors (Lipinski definition) is 3. The molecule has 0 spiro atoms. The predicted molar refractivity (Wildman–Crippen MR) is 78.3 cm³/mol. The molecule has 0 aliphatic carbocycles. The SMILES string of the molecule is C[N+](C)([O-])CC(Oc1ccccc1)Oc1ccccc1. The Kier molecular flexibility index (Phi) is 4.61. The van der Waals surface area contributed by atoms with Gasteiger partial charge in [-0.25, -0.2) is 0 Å². The van der Waals surface area contributed by atoms with Gasteiger partial charge in [0.05, 0.1) is 14.1 Å². The third kappa shape index (κ3) is 4.91. The molecule has 0 saturated carbocycles. The number of ether oxygens (including phenoxy) is 2. The summed E-state index contributed by atoms with van der Waals surface area (Å²) in [7, 11) is 3.13. The zero-order chi connectivity index (χ0) is 14.4.